The van der Waals surface area contributed by atoms with Crippen LogP contribution in [-0.4, -0.2) is 28.7 Å². The molecule has 1 rings (SSSR count). The van der Waals surface area contributed by atoms with Crippen molar-refractivity contribution in [3.05, 3.63) is 0 Å². The van der Waals surface area contributed by atoms with Gasteiger partial charge in [-0.25, -0.2) is 0 Å². The molecule has 82 valence electrons. The summed E-state index contributed by atoms with van der Waals surface area (Å²) in [6, 6.07) is 0.556. The van der Waals surface area contributed by atoms with Crippen LogP contribution in [0.2, 0.25) is 0 Å². The Balaban J connectivity index is 2.52. The van der Waals surface area contributed by atoms with Crippen molar-refractivity contribution in [2.45, 2.75) is 45.6 Å². The molecule has 0 atom stereocenters. The Morgan fingerprint density at radius 1 is 1.43 bits per heavy atom. The van der Waals surface area contributed by atoms with Crippen LogP contribution < -0.4 is 0 Å². The third kappa shape index (κ3) is 2.97. The molecule has 1 aliphatic carbocycles. The SMILES string of the molecule is CCC(CC)C(=O)N(CCBr)C1CC1. The number of carbonyl (C=O) groups is 1. The minimum Gasteiger partial charge on any atom is -0.339 e. The monoisotopic (exact) mass is 261 g/mol. The number of amides is 1. The number of hydrogen-bond acceptors (Lipinski definition) is 1. The molecule has 14 heavy (non-hydrogen) atoms. The Labute approximate surface area is 95.2 Å². The fourth-order valence-electron chi connectivity index (χ4n) is 1.82. The topological polar surface area (TPSA) is 20.3 Å². The molecule has 0 aromatic rings. The molecule has 2 nitrogen and oxygen atoms in total. The van der Waals surface area contributed by atoms with E-state index in [1.807, 2.05) is 0 Å². The number of hydrogen-bond donors (Lipinski definition) is 0. The zero-order chi connectivity index (χ0) is 10.6. The minimum absolute atomic E-state index is 0.245. The third-order valence-electron chi connectivity index (χ3n) is 2.93. The summed E-state index contributed by atoms with van der Waals surface area (Å²) >= 11 is 3.41. The van der Waals surface area contributed by atoms with Gasteiger partial charge in [-0.3, -0.25) is 4.79 Å². The fraction of sp³-hybridized carbons (Fsp3) is 0.909. The summed E-state index contributed by atoms with van der Waals surface area (Å²) < 4.78 is 0. The van der Waals surface area contributed by atoms with E-state index in [-0.39, 0.29) is 5.92 Å². The molecule has 1 saturated carbocycles. The van der Waals surface area contributed by atoms with E-state index in [4.69, 9.17) is 0 Å². The van der Waals surface area contributed by atoms with E-state index in [0.717, 1.165) is 24.7 Å². The van der Waals surface area contributed by atoms with Gasteiger partial charge in [-0.1, -0.05) is 29.8 Å². The van der Waals surface area contributed by atoms with Crippen LogP contribution in [0.4, 0.5) is 0 Å². The molecule has 0 N–H and O–H groups in total. The van der Waals surface area contributed by atoms with Crippen molar-refractivity contribution >= 4 is 21.8 Å². The van der Waals surface area contributed by atoms with E-state index < -0.39 is 0 Å². The molecule has 1 fully saturated rings. The Morgan fingerprint density at radius 2 is 2.00 bits per heavy atom. The Morgan fingerprint density at radius 3 is 2.36 bits per heavy atom. The van der Waals surface area contributed by atoms with Gasteiger partial charge in [0.1, 0.15) is 0 Å². The highest BCUT2D eigenvalue weighted by atomic mass is 79.9. The molecule has 0 radical (unpaired) electrons. The van der Waals surface area contributed by atoms with E-state index in [0.29, 0.717) is 11.9 Å². The molecule has 3 heteroatoms. The first-order valence-corrected chi connectivity index (χ1v) is 6.73. The maximum atomic E-state index is 12.1. The predicted octanol–water partition coefficient (Wildman–Crippen LogP) is 2.81. The second kappa shape index (κ2) is 5.74. The smallest absolute Gasteiger partial charge is 0.225 e. The minimum atomic E-state index is 0.245. The van der Waals surface area contributed by atoms with Crippen LogP contribution in [-0.2, 0) is 4.79 Å². The zero-order valence-corrected chi connectivity index (χ0v) is 10.7. The third-order valence-corrected chi connectivity index (χ3v) is 3.29. The molecule has 1 aliphatic rings. The van der Waals surface area contributed by atoms with Crippen molar-refractivity contribution in [1.29, 1.82) is 0 Å². The van der Waals surface area contributed by atoms with Gasteiger partial charge in [0, 0.05) is 23.8 Å². The standard InChI is InChI=1S/C11H20BrNO/c1-3-9(4-2)11(14)13(8-7-12)10-5-6-10/h9-10H,3-8H2,1-2H3. The number of nitrogens with zero attached hydrogens (tertiary/aromatic N) is 1. The first kappa shape index (κ1) is 12.0. The summed E-state index contributed by atoms with van der Waals surface area (Å²) in [5.41, 5.74) is 0. The van der Waals surface area contributed by atoms with Crippen LogP contribution in [0.15, 0.2) is 0 Å². The lowest BCUT2D eigenvalue weighted by molar-refractivity contribution is -0.136. The quantitative estimate of drug-likeness (QED) is 0.674. The highest BCUT2D eigenvalue weighted by Crippen LogP contribution is 2.29. The maximum Gasteiger partial charge on any atom is 0.225 e. The number of carbonyl (C=O) groups excluding carboxylic acids is 1. The van der Waals surface area contributed by atoms with Gasteiger partial charge in [0.05, 0.1) is 0 Å². The van der Waals surface area contributed by atoms with Crippen LogP contribution in [0.1, 0.15) is 39.5 Å². The highest BCUT2D eigenvalue weighted by Gasteiger charge is 2.34. The summed E-state index contributed by atoms with van der Waals surface area (Å²) in [5.74, 6) is 0.617. The first-order chi connectivity index (χ1) is 6.74. The molecular formula is C11H20BrNO. The molecule has 0 aromatic carbocycles. The zero-order valence-electron chi connectivity index (χ0n) is 9.13. The van der Waals surface area contributed by atoms with Gasteiger partial charge in [-0.05, 0) is 25.7 Å². The van der Waals surface area contributed by atoms with Crippen LogP contribution in [0.3, 0.4) is 0 Å². The van der Waals surface area contributed by atoms with Crippen LogP contribution >= 0.6 is 15.9 Å². The fourth-order valence-corrected chi connectivity index (χ4v) is 2.20. The first-order valence-electron chi connectivity index (χ1n) is 5.61. The lowest BCUT2D eigenvalue weighted by atomic mass is 10.0. The van der Waals surface area contributed by atoms with Gasteiger partial charge in [0.15, 0.2) is 0 Å². The van der Waals surface area contributed by atoms with Gasteiger partial charge in [0.25, 0.3) is 0 Å². The Kier molecular flexibility index (Phi) is 4.93. The van der Waals surface area contributed by atoms with Crippen molar-refractivity contribution in [2.75, 3.05) is 11.9 Å². The van der Waals surface area contributed by atoms with Crippen LogP contribution in [0, 0.1) is 5.92 Å². The molecule has 0 aliphatic heterocycles. The van der Waals surface area contributed by atoms with Gasteiger partial charge in [-0.2, -0.15) is 0 Å². The summed E-state index contributed by atoms with van der Waals surface area (Å²) in [5, 5.41) is 0.898. The van der Waals surface area contributed by atoms with E-state index in [9.17, 15) is 4.79 Å². The van der Waals surface area contributed by atoms with Crippen molar-refractivity contribution < 1.29 is 4.79 Å². The van der Waals surface area contributed by atoms with E-state index in [1.165, 1.54) is 12.8 Å². The van der Waals surface area contributed by atoms with Crippen LogP contribution in [0.5, 0.6) is 0 Å². The van der Waals surface area contributed by atoms with Crippen molar-refractivity contribution in [3.63, 3.8) is 0 Å². The lowest BCUT2D eigenvalue weighted by Gasteiger charge is -2.25. The van der Waals surface area contributed by atoms with Gasteiger partial charge in [0.2, 0.25) is 5.91 Å². The van der Waals surface area contributed by atoms with Crippen molar-refractivity contribution in [2.24, 2.45) is 5.92 Å². The molecule has 1 amide bonds. The molecule has 0 bridgehead atoms. The largest absolute Gasteiger partial charge is 0.339 e. The molecular weight excluding hydrogens is 242 g/mol. The second-order valence-electron chi connectivity index (χ2n) is 3.97. The van der Waals surface area contributed by atoms with Crippen LogP contribution in [0.25, 0.3) is 0 Å². The second-order valence-corrected chi connectivity index (χ2v) is 4.76. The molecule has 0 heterocycles. The molecule has 0 spiro atoms. The number of alkyl halides is 1. The Hall–Kier alpha value is -0.0500. The normalized spacial score (nSPS) is 16.0. The van der Waals surface area contributed by atoms with Gasteiger partial charge < -0.3 is 4.90 Å². The van der Waals surface area contributed by atoms with Gasteiger partial charge in [-0.15, -0.1) is 0 Å². The Bertz CT molecular complexity index is 188. The lowest BCUT2D eigenvalue weighted by Crippen LogP contribution is -2.38. The summed E-state index contributed by atoms with van der Waals surface area (Å²) in [7, 11) is 0. The van der Waals surface area contributed by atoms with E-state index in [1.54, 1.807) is 0 Å². The van der Waals surface area contributed by atoms with E-state index >= 15 is 0 Å². The molecule has 0 aromatic heterocycles. The predicted molar refractivity (Wildman–Crippen MR) is 62.6 cm³/mol. The number of halogens is 1. The van der Waals surface area contributed by atoms with Gasteiger partial charge >= 0.3 is 0 Å². The number of rotatable bonds is 6. The van der Waals surface area contributed by atoms with E-state index in [2.05, 4.69) is 34.7 Å². The summed E-state index contributed by atoms with van der Waals surface area (Å²) in [4.78, 5) is 14.2. The average molecular weight is 262 g/mol. The maximum absolute atomic E-state index is 12.1. The van der Waals surface area contributed by atoms with Crippen molar-refractivity contribution in [1.82, 2.24) is 4.90 Å². The average Bonchev–Trinajstić information content (AvgIpc) is 2.99. The highest BCUT2D eigenvalue weighted by molar-refractivity contribution is 9.09. The molecule has 0 saturated heterocycles. The summed E-state index contributed by atoms with van der Waals surface area (Å²) in [6.07, 6.45) is 4.36. The summed E-state index contributed by atoms with van der Waals surface area (Å²) in [6.45, 7) is 5.08. The molecule has 0 unspecified atom stereocenters. The van der Waals surface area contributed by atoms with Crippen molar-refractivity contribution in [3.8, 4) is 0 Å².